The van der Waals surface area contributed by atoms with Crippen molar-refractivity contribution in [3.05, 3.63) is 29.6 Å². The summed E-state index contributed by atoms with van der Waals surface area (Å²) in [6.45, 7) is 0.907. The van der Waals surface area contributed by atoms with E-state index in [1.807, 2.05) is 0 Å². The van der Waals surface area contributed by atoms with E-state index in [1.54, 1.807) is 12.1 Å². The second-order valence-corrected chi connectivity index (χ2v) is 3.61. The van der Waals surface area contributed by atoms with Crippen LogP contribution in [0.15, 0.2) is 18.2 Å². The van der Waals surface area contributed by atoms with Gasteiger partial charge in [-0.25, -0.2) is 4.39 Å². The van der Waals surface area contributed by atoms with Gasteiger partial charge in [0.2, 0.25) is 0 Å². The van der Waals surface area contributed by atoms with Crippen LogP contribution in [0.5, 0.6) is 0 Å². The molecule has 0 amide bonds. The molecule has 1 unspecified atom stereocenters. The third kappa shape index (κ3) is 1.22. The molecule has 0 fully saturated rings. The van der Waals surface area contributed by atoms with E-state index in [2.05, 4.69) is 21.2 Å². The lowest BCUT2D eigenvalue weighted by molar-refractivity contribution is 0.625. The fourth-order valence-electron chi connectivity index (χ4n) is 1.51. The maximum absolute atomic E-state index is 12.8. The fourth-order valence-corrected chi connectivity index (χ4v) is 2.09. The van der Waals surface area contributed by atoms with E-state index < -0.39 is 0 Å². The van der Waals surface area contributed by atoms with E-state index in [-0.39, 0.29) is 5.82 Å². The number of hydrogen-bond acceptors (Lipinski definition) is 1. The Morgan fingerprint density at radius 1 is 1.58 bits per heavy atom. The summed E-state index contributed by atoms with van der Waals surface area (Å²) < 4.78 is 12.8. The molecule has 1 aliphatic heterocycles. The van der Waals surface area contributed by atoms with Crippen molar-refractivity contribution in [2.45, 2.75) is 5.92 Å². The molecular formula is C9H9BrFN. The van der Waals surface area contributed by atoms with Crippen LogP contribution in [-0.2, 0) is 0 Å². The Hall–Kier alpha value is -0.570. The van der Waals surface area contributed by atoms with Gasteiger partial charge in [-0.1, -0.05) is 15.9 Å². The van der Waals surface area contributed by atoms with Crippen LogP contribution in [0.2, 0.25) is 0 Å². The lowest BCUT2D eigenvalue weighted by Crippen LogP contribution is -2.02. The minimum absolute atomic E-state index is 0.150. The Morgan fingerprint density at radius 3 is 3.17 bits per heavy atom. The Kier molecular flexibility index (Phi) is 2.05. The zero-order valence-corrected chi connectivity index (χ0v) is 8.07. The van der Waals surface area contributed by atoms with Crippen LogP contribution in [-0.4, -0.2) is 11.9 Å². The van der Waals surface area contributed by atoms with Gasteiger partial charge < -0.3 is 5.32 Å². The molecule has 3 heteroatoms. The Labute approximate surface area is 79.1 Å². The minimum Gasteiger partial charge on any atom is -0.384 e. The van der Waals surface area contributed by atoms with Crippen LogP contribution in [0.3, 0.4) is 0 Å². The van der Waals surface area contributed by atoms with Crippen molar-refractivity contribution in [1.29, 1.82) is 0 Å². The SMILES string of the molecule is Fc1ccc2c(c1)C(CBr)CN2. The normalized spacial score (nSPS) is 20.3. The third-order valence-electron chi connectivity index (χ3n) is 2.18. The van der Waals surface area contributed by atoms with Gasteiger partial charge in [-0.2, -0.15) is 0 Å². The lowest BCUT2D eigenvalue weighted by atomic mass is 10.0. The number of nitrogens with one attached hydrogen (secondary N) is 1. The maximum atomic E-state index is 12.8. The van der Waals surface area contributed by atoms with Gasteiger partial charge in [-0.3, -0.25) is 0 Å². The molecule has 1 nitrogen and oxygen atoms in total. The van der Waals surface area contributed by atoms with Gasteiger partial charge in [0, 0.05) is 23.5 Å². The molecule has 12 heavy (non-hydrogen) atoms. The van der Waals surface area contributed by atoms with Crippen LogP contribution in [0.25, 0.3) is 0 Å². The van der Waals surface area contributed by atoms with E-state index in [0.717, 1.165) is 23.1 Å². The van der Waals surface area contributed by atoms with Crippen molar-refractivity contribution < 1.29 is 4.39 Å². The number of benzene rings is 1. The Bertz CT molecular complexity index is 301. The predicted octanol–water partition coefficient (Wildman–Crippen LogP) is 2.73. The lowest BCUT2D eigenvalue weighted by Gasteiger charge is -2.03. The molecule has 1 atom stereocenters. The summed E-state index contributed by atoms with van der Waals surface area (Å²) in [4.78, 5) is 0. The zero-order valence-electron chi connectivity index (χ0n) is 6.48. The second kappa shape index (κ2) is 3.05. The average Bonchev–Trinajstić information content (AvgIpc) is 2.46. The molecule has 1 aromatic carbocycles. The van der Waals surface area contributed by atoms with E-state index >= 15 is 0 Å². The van der Waals surface area contributed by atoms with E-state index in [9.17, 15) is 4.39 Å². The summed E-state index contributed by atoms with van der Waals surface area (Å²) in [5.74, 6) is 0.263. The van der Waals surface area contributed by atoms with Crippen molar-refractivity contribution >= 4 is 21.6 Å². The molecule has 0 radical (unpaired) electrons. The van der Waals surface area contributed by atoms with Crippen molar-refractivity contribution in [3.8, 4) is 0 Å². The van der Waals surface area contributed by atoms with Gasteiger partial charge in [0.1, 0.15) is 5.82 Å². The van der Waals surface area contributed by atoms with Crippen LogP contribution in [0.4, 0.5) is 10.1 Å². The number of anilines is 1. The van der Waals surface area contributed by atoms with Gasteiger partial charge in [-0.05, 0) is 23.8 Å². The molecule has 1 N–H and O–H groups in total. The first-order valence-corrected chi connectivity index (χ1v) is 5.02. The quantitative estimate of drug-likeness (QED) is 0.731. The molecule has 1 aliphatic rings. The van der Waals surface area contributed by atoms with Crippen molar-refractivity contribution in [3.63, 3.8) is 0 Å². The van der Waals surface area contributed by atoms with E-state index in [1.165, 1.54) is 6.07 Å². The second-order valence-electron chi connectivity index (χ2n) is 2.96. The van der Waals surface area contributed by atoms with Gasteiger partial charge >= 0.3 is 0 Å². The average molecular weight is 230 g/mol. The van der Waals surface area contributed by atoms with Crippen molar-refractivity contribution in [2.24, 2.45) is 0 Å². The molecule has 2 rings (SSSR count). The van der Waals surface area contributed by atoms with Gasteiger partial charge in [0.25, 0.3) is 0 Å². The third-order valence-corrected chi connectivity index (χ3v) is 2.96. The maximum Gasteiger partial charge on any atom is 0.123 e. The molecule has 0 saturated heterocycles. The standard InChI is InChI=1S/C9H9BrFN/c10-4-6-5-12-9-2-1-7(11)3-8(6)9/h1-3,6,12H,4-5H2. The number of rotatable bonds is 1. The largest absolute Gasteiger partial charge is 0.384 e. The molecule has 64 valence electrons. The van der Waals surface area contributed by atoms with Gasteiger partial charge in [0.15, 0.2) is 0 Å². The summed E-state index contributed by atoms with van der Waals surface area (Å²) in [5.41, 5.74) is 2.16. The first-order valence-electron chi connectivity index (χ1n) is 3.90. The molecular weight excluding hydrogens is 221 g/mol. The van der Waals surface area contributed by atoms with Gasteiger partial charge in [0.05, 0.1) is 0 Å². The highest BCUT2D eigenvalue weighted by Gasteiger charge is 2.20. The number of halogens is 2. The summed E-state index contributed by atoms with van der Waals surface area (Å²) >= 11 is 3.41. The van der Waals surface area contributed by atoms with Crippen molar-refractivity contribution in [2.75, 3.05) is 17.2 Å². The van der Waals surface area contributed by atoms with Crippen LogP contribution < -0.4 is 5.32 Å². The predicted molar refractivity (Wildman–Crippen MR) is 51.4 cm³/mol. The Morgan fingerprint density at radius 2 is 2.42 bits per heavy atom. The summed E-state index contributed by atoms with van der Waals surface area (Å²) in [7, 11) is 0. The smallest absolute Gasteiger partial charge is 0.123 e. The monoisotopic (exact) mass is 229 g/mol. The Balaban J connectivity index is 2.42. The highest BCUT2D eigenvalue weighted by atomic mass is 79.9. The number of alkyl halides is 1. The highest BCUT2D eigenvalue weighted by molar-refractivity contribution is 9.09. The van der Waals surface area contributed by atoms with Crippen molar-refractivity contribution in [1.82, 2.24) is 0 Å². The first kappa shape index (κ1) is 8.05. The summed E-state index contributed by atoms with van der Waals surface area (Å²) in [6.07, 6.45) is 0. The number of fused-ring (bicyclic) bond motifs is 1. The molecule has 1 heterocycles. The van der Waals surface area contributed by atoms with E-state index in [0.29, 0.717) is 5.92 Å². The molecule has 0 bridgehead atoms. The fraction of sp³-hybridized carbons (Fsp3) is 0.333. The van der Waals surface area contributed by atoms with E-state index in [4.69, 9.17) is 0 Å². The summed E-state index contributed by atoms with van der Waals surface area (Å²) in [5, 5.41) is 4.12. The first-order chi connectivity index (χ1) is 5.81. The molecule has 0 saturated carbocycles. The number of hydrogen-bond donors (Lipinski definition) is 1. The topological polar surface area (TPSA) is 12.0 Å². The zero-order chi connectivity index (χ0) is 8.55. The minimum atomic E-state index is -0.150. The van der Waals surface area contributed by atoms with Gasteiger partial charge in [-0.15, -0.1) is 0 Å². The highest BCUT2D eigenvalue weighted by Crippen LogP contribution is 2.32. The molecule has 0 aliphatic carbocycles. The van der Waals surface area contributed by atoms with Crippen LogP contribution >= 0.6 is 15.9 Å². The van der Waals surface area contributed by atoms with Crippen LogP contribution in [0, 0.1) is 5.82 Å². The molecule has 1 aromatic rings. The summed E-state index contributed by atoms with van der Waals surface area (Å²) in [6, 6.07) is 4.90. The molecule has 0 spiro atoms. The molecule has 0 aromatic heterocycles. The van der Waals surface area contributed by atoms with Crippen LogP contribution in [0.1, 0.15) is 11.5 Å².